The molecule has 0 saturated heterocycles. The Morgan fingerprint density at radius 2 is 1.88 bits per heavy atom. The van der Waals surface area contributed by atoms with Crippen LogP contribution < -0.4 is 20.5 Å². The second-order valence-corrected chi connectivity index (χ2v) is 3.05. The molecule has 3 N–H and O–H groups in total. The molecule has 1 rings (SSSR count). The Hall–Kier alpha value is -1.89. The third-order valence-electron chi connectivity index (χ3n) is 1.75. The standard InChI is InChI=1S/C9H14N4O3/c1-5(10)8(14)13-9-11-6(15-2)4-7(12-9)16-3/h4-5H,10H2,1-3H3,(H,11,12,13,14). The Kier molecular flexibility index (Phi) is 4.01. The number of anilines is 1. The van der Waals surface area contributed by atoms with Gasteiger partial charge in [-0.1, -0.05) is 0 Å². The first-order valence-electron chi connectivity index (χ1n) is 4.60. The van der Waals surface area contributed by atoms with E-state index < -0.39 is 6.04 Å². The number of hydrogen-bond acceptors (Lipinski definition) is 6. The molecule has 0 aliphatic heterocycles. The quantitative estimate of drug-likeness (QED) is 0.736. The molecule has 88 valence electrons. The monoisotopic (exact) mass is 226 g/mol. The summed E-state index contributed by atoms with van der Waals surface area (Å²) in [4.78, 5) is 19.2. The number of amides is 1. The highest BCUT2D eigenvalue weighted by molar-refractivity contribution is 5.92. The van der Waals surface area contributed by atoms with Crippen molar-refractivity contribution in [1.29, 1.82) is 0 Å². The third-order valence-corrected chi connectivity index (χ3v) is 1.75. The van der Waals surface area contributed by atoms with Gasteiger partial charge in [0.1, 0.15) is 0 Å². The summed E-state index contributed by atoms with van der Waals surface area (Å²) < 4.78 is 9.85. The molecule has 1 aromatic rings. The SMILES string of the molecule is COc1cc(OC)nc(NC(=O)C(C)N)n1. The maximum absolute atomic E-state index is 11.3. The maximum atomic E-state index is 11.3. The highest BCUT2D eigenvalue weighted by Crippen LogP contribution is 2.17. The number of nitrogens with one attached hydrogen (secondary N) is 1. The largest absolute Gasteiger partial charge is 0.481 e. The smallest absolute Gasteiger partial charge is 0.243 e. The molecule has 7 nitrogen and oxygen atoms in total. The second-order valence-electron chi connectivity index (χ2n) is 3.05. The van der Waals surface area contributed by atoms with Crippen molar-refractivity contribution < 1.29 is 14.3 Å². The van der Waals surface area contributed by atoms with Gasteiger partial charge in [0.25, 0.3) is 0 Å². The maximum Gasteiger partial charge on any atom is 0.243 e. The highest BCUT2D eigenvalue weighted by atomic mass is 16.5. The Morgan fingerprint density at radius 1 is 1.38 bits per heavy atom. The summed E-state index contributed by atoms with van der Waals surface area (Å²) in [6.07, 6.45) is 0. The molecular formula is C9H14N4O3. The lowest BCUT2D eigenvalue weighted by molar-refractivity contribution is -0.117. The Labute approximate surface area is 93.0 Å². The molecule has 1 heterocycles. The highest BCUT2D eigenvalue weighted by Gasteiger charge is 2.11. The summed E-state index contributed by atoms with van der Waals surface area (Å²) in [5.74, 6) is 0.312. The van der Waals surface area contributed by atoms with Crippen LogP contribution in [-0.2, 0) is 4.79 Å². The van der Waals surface area contributed by atoms with Gasteiger partial charge in [0.2, 0.25) is 23.6 Å². The Bertz CT molecular complexity index is 359. The fraction of sp³-hybridized carbons (Fsp3) is 0.444. The van der Waals surface area contributed by atoms with Gasteiger partial charge in [-0.25, -0.2) is 0 Å². The van der Waals surface area contributed by atoms with E-state index >= 15 is 0 Å². The van der Waals surface area contributed by atoms with Gasteiger partial charge in [-0.15, -0.1) is 0 Å². The van der Waals surface area contributed by atoms with E-state index in [9.17, 15) is 4.79 Å². The van der Waals surface area contributed by atoms with E-state index in [1.54, 1.807) is 6.92 Å². The Balaban J connectivity index is 2.91. The molecule has 0 fully saturated rings. The van der Waals surface area contributed by atoms with Crippen LogP contribution in [0.4, 0.5) is 5.95 Å². The van der Waals surface area contributed by atoms with Gasteiger partial charge in [0.05, 0.1) is 26.3 Å². The third kappa shape index (κ3) is 3.06. The Morgan fingerprint density at radius 3 is 2.25 bits per heavy atom. The lowest BCUT2D eigenvalue weighted by Crippen LogP contribution is -2.33. The van der Waals surface area contributed by atoms with Gasteiger partial charge >= 0.3 is 0 Å². The van der Waals surface area contributed by atoms with Crippen molar-refractivity contribution in [3.8, 4) is 11.8 Å². The number of ether oxygens (including phenoxy) is 2. The zero-order chi connectivity index (χ0) is 12.1. The average Bonchev–Trinajstić information content (AvgIpc) is 2.28. The summed E-state index contributed by atoms with van der Waals surface area (Å²) in [7, 11) is 2.91. The number of aromatic nitrogens is 2. The van der Waals surface area contributed by atoms with Crippen LogP contribution in [0.1, 0.15) is 6.92 Å². The van der Waals surface area contributed by atoms with Gasteiger partial charge in [-0.3, -0.25) is 10.1 Å². The molecule has 1 amide bonds. The van der Waals surface area contributed by atoms with Gasteiger partial charge in [-0.2, -0.15) is 9.97 Å². The van der Waals surface area contributed by atoms with Crippen LogP contribution in [0.15, 0.2) is 6.07 Å². The topological polar surface area (TPSA) is 99.4 Å². The fourth-order valence-corrected chi connectivity index (χ4v) is 0.893. The number of carbonyl (C=O) groups excluding carboxylic acids is 1. The first-order chi connectivity index (χ1) is 7.56. The van der Waals surface area contributed by atoms with E-state index in [-0.39, 0.29) is 11.9 Å². The molecule has 1 aromatic heterocycles. The number of carbonyl (C=O) groups is 1. The summed E-state index contributed by atoms with van der Waals surface area (Å²) in [6, 6.07) is 0.863. The molecule has 1 unspecified atom stereocenters. The van der Waals surface area contributed by atoms with Crippen LogP contribution in [0.25, 0.3) is 0 Å². The predicted octanol–water partition coefficient (Wildman–Crippen LogP) is -0.220. The van der Waals surface area contributed by atoms with Gasteiger partial charge in [-0.05, 0) is 6.92 Å². The van der Waals surface area contributed by atoms with Crippen molar-refractivity contribution in [3.63, 3.8) is 0 Å². The molecule has 7 heteroatoms. The van der Waals surface area contributed by atoms with Crippen molar-refractivity contribution in [2.24, 2.45) is 5.73 Å². The molecule has 0 bridgehead atoms. The molecule has 0 saturated carbocycles. The molecule has 0 aliphatic rings. The molecule has 0 radical (unpaired) electrons. The first-order valence-corrected chi connectivity index (χ1v) is 4.60. The van der Waals surface area contributed by atoms with Crippen LogP contribution in [0.2, 0.25) is 0 Å². The summed E-state index contributed by atoms with van der Waals surface area (Å²) >= 11 is 0. The fourth-order valence-electron chi connectivity index (χ4n) is 0.893. The molecule has 0 spiro atoms. The summed E-state index contributed by atoms with van der Waals surface area (Å²) in [5.41, 5.74) is 5.39. The lowest BCUT2D eigenvalue weighted by atomic mass is 10.3. The molecule has 1 atom stereocenters. The number of methoxy groups -OCH3 is 2. The van der Waals surface area contributed by atoms with Crippen molar-refractivity contribution in [1.82, 2.24) is 9.97 Å². The van der Waals surface area contributed by atoms with E-state index in [1.807, 2.05) is 0 Å². The van der Waals surface area contributed by atoms with Gasteiger partial charge < -0.3 is 15.2 Å². The zero-order valence-electron chi connectivity index (χ0n) is 9.35. The minimum absolute atomic E-state index is 0.0958. The van der Waals surface area contributed by atoms with Crippen molar-refractivity contribution in [2.45, 2.75) is 13.0 Å². The van der Waals surface area contributed by atoms with Gasteiger partial charge in [0, 0.05) is 0 Å². The minimum Gasteiger partial charge on any atom is -0.481 e. The van der Waals surface area contributed by atoms with E-state index in [0.717, 1.165) is 0 Å². The molecule has 16 heavy (non-hydrogen) atoms. The predicted molar refractivity (Wildman–Crippen MR) is 57.4 cm³/mol. The second kappa shape index (κ2) is 5.26. The summed E-state index contributed by atoms with van der Waals surface area (Å²) in [6.45, 7) is 1.56. The van der Waals surface area contributed by atoms with Crippen LogP contribution in [0.5, 0.6) is 11.8 Å². The minimum atomic E-state index is -0.638. The van der Waals surface area contributed by atoms with Crippen LogP contribution in [0, 0.1) is 0 Å². The summed E-state index contributed by atoms with van der Waals surface area (Å²) in [5, 5.41) is 2.44. The van der Waals surface area contributed by atoms with Gasteiger partial charge in [0.15, 0.2) is 0 Å². The number of rotatable bonds is 4. The van der Waals surface area contributed by atoms with E-state index in [1.165, 1.54) is 20.3 Å². The van der Waals surface area contributed by atoms with Crippen LogP contribution in [0.3, 0.4) is 0 Å². The number of hydrogen-bond donors (Lipinski definition) is 2. The molecule has 0 aliphatic carbocycles. The van der Waals surface area contributed by atoms with Crippen LogP contribution in [-0.4, -0.2) is 36.1 Å². The number of nitrogens with zero attached hydrogens (tertiary/aromatic N) is 2. The van der Waals surface area contributed by atoms with E-state index in [2.05, 4.69) is 15.3 Å². The van der Waals surface area contributed by atoms with E-state index in [4.69, 9.17) is 15.2 Å². The average molecular weight is 226 g/mol. The van der Waals surface area contributed by atoms with Crippen molar-refractivity contribution in [3.05, 3.63) is 6.07 Å². The van der Waals surface area contributed by atoms with Crippen molar-refractivity contribution in [2.75, 3.05) is 19.5 Å². The molecule has 0 aromatic carbocycles. The van der Waals surface area contributed by atoms with Crippen LogP contribution >= 0.6 is 0 Å². The zero-order valence-corrected chi connectivity index (χ0v) is 9.35. The van der Waals surface area contributed by atoms with E-state index in [0.29, 0.717) is 11.8 Å². The van der Waals surface area contributed by atoms with Crippen molar-refractivity contribution >= 4 is 11.9 Å². The normalized spacial score (nSPS) is 11.8. The first kappa shape index (κ1) is 12.2. The molecular weight excluding hydrogens is 212 g/mol. The lowest BCUT2D eigenvalue weighted by Gasteiger charge is -2.08. The number of nitrogens with two attached hydrogens (primary N) is 1.